The summed E-state index contributed by atoms with van der Waals surface area (Å²) in [4.78, 5) is 25.6. The summed E-state index contributed by atoms with van der Waals surface area (Å²) in [5.74, 6) is -0.555. The number of nitrogens with two attached hydrogens (primary N) is 1. The van der Waals surface area contributed by atoms with Crippen molar-refractivity contribution in [3.63, 3.8) is 0 Å². The number of carbonyl (C=O) groups excluding carboxylic acids is 2. The van der Waals surface area contributed by atoms with E-state index in [1.807, 2.05) is 42.5 Å². The van der Waals surface area contributed by atoms with Crippen LogP contribution in [0.25, 0.3) is 10.8 Å². The first-order chi connectivity index (χ1) is 10.1. The van der Waals surface area contributed by atoms with Gasteiger partial charge < -0.3 is 10.6 Å². The third-order valence-corrected chi connectivity index (χ3v) is 4.11. The van der Waals surface area contributed by atoms with E-state index in [4.69, 9.17) is 5.73 Å². The maximum absolute atomic E-state index is 12.6. The Hall–Kier alpha value is -2.36. The van der Waals surface area contributed by atoms with E-state index >= 15 is 0 Å². The van der Waals surface area contributed by atoms with Crippen molar-refractivity contribution in [2.45, 2.75) is 12.8 Å². The number of benzene rings is 2. The summed E-state index contributed by atoms with van der Waals surface area (Å²) in [5.41, 5.74) is 6.03. The van der Waals surface area contributed by atoms with E-state index in [1.54, 1.807) is 4.90 Å². The Morgan fingerprint density at radius 2 is 1.86 bits per heavy atom. The van der Waals surface area contributed by atoms with Crippen LogP contribution in [0.15, 0.2) is 42.5 Å². The minimum absolute atomic E-state index is 0.0216. The SMILES string of the molecule is NC(=O)[C@@H]1CCCN(C(=O)c2ccc3ccccc3c2)C1. The van der Waals surface area contributed by atoms with Gasteiger partial charge in [-0.05, 0) is 35.7 Å². The average Bonchev–Trinajstić information content (AvgIpc) is 2.53. The topological polar surface area (TPSA) is 63.4 Å². The predicted molar refractivity (Wildman–Crippen MR) is 81.8 cm³/mol. The zero-order chi connectivity index (χ0) is 14.8. The molecule has 4 nitrogen and oxygen atoms in total. The highest BCUT2D eigenvalue weighted by Gasteiger charge is 2.27. The molecule has 108 valence electrons. The first kappa shape index (κ1) is 13.6. The van der Waals surface area contributed by atoms with Crippen LogP contribution >= 0.6 is 0 Å². The van der Waals surface area contributed by atoms with E-state index in [-0.39, 0.29) is 17.7 Å². The molecule has 0 bridgehead atoms. The van der Waals surface area contributed by atoms with Crippen molar-refractivity contribution >= 4 is 22.6 Å². The molecule has 1 aliphatic rings. The van der Waals surface area contributed by atoms with E-state index in [9.17, 15) is 9.59 Å². The highest BCUT2D eigenvalue weighted by molar-refractivity contribution is 5.98. The van der Waals surface area contributed by atoms with Crippen LogP contribution in [0.4, 0.5) is 0 Å². The molecule has 2 N–H and O–H groups in total. The fraction of sp³-hybridized carbons (Fsp3) is 0.294. The molecule has 2 amide bonds. The molecule has 0 saturated carbocycles. The van der Waals surface area contributed by atoms with Crippen molar-refractivity contribution in [2.24, 2.45) is 11.7 Å². The van der Waals surface area contributed by atoms with Crippen LogP contribution in [-0.2, 0) is 4.79 Å². The van der Waals surface area contributed by atoms with Crippen LogP contribution in [0.2, 0.25) is 0 Å². The maximum atomic E-state index is 12.6. The molecule has 0 radical (unpaired) electrons. The smallest absolute Gasteiger partial charge is 0.253 e. The van der Waals surface area contributed by atoms with Crippen LogP contribution in [0.1, 0.15) is 23.2 Å². The molecule has 2 aromatic rings. The minimum Gasteiger partial charge on any atom is -0.369 e. The van der Waals surface area contributed by atoms with Crippen molar-refractivity contribution in [2.75, 3.05) is 13.1 Å². The van der Waals surface area contributed by atoms with E-state index in [0.717, 1.165) is 23.6 Å². The van der Waals surface area contributed by atoms with Gasteiger partial charge in [-0.15, -0.1) is 0 Å². The minimum atomic E-state index is -0.314. The van der Waals surface area contributed by atoms with E-state index in [0.29, 0.717) is 18.7 Å². The number of rotatable bonds is 2. The molecule has 1 saturated heterocycles. The number of amides is 2. The van der Waals surface area contributed by atoms with Crippen LogP contribution in [-0.4, -0.2) is 29.8 Å². The van der Waals surface area contributed by atoms with Gasteiger partial charge >= 0.3 is 0 Å². The molecule has 0 aromatic heterocycles. The second-order valence-corrected chi connectivity index (χ2v) is 5.55. The lowest BCUT2D eigenvalue weighted by Gasteiger charge is -2.31. The number of piperidine rings is 1. The molecular weight excluding hydrogens is 264 g/mol. The summed E-state index contributed by atoms with van der Waals surface area (Å²) >= 11 is 0. The van der Waals surface area contributed by atoms with E-state index in [2.05, 4.69) is 0 Å². The highest BCUT2D eigenvalue weighted by atomic mass is 16.2. The molecule has 1 fully saturated rings. The number of carbonyl (C=O) groups is 2. The maximum Gasteiger partial charge on any atom is 0.253 e. The number of hydrogen-bond donors (Lipinski definition) is 1. The lowest BCUT2D eigenvalue weighted by atomic mass is 9.96. The van der Waals surface area contributed by atoms with Gasteiger partial charge in [0.15, 0.2) is 0 Å². The largest absolute Gasteiger partial charge is 0.369 e. The quantitative estimate of drug-likeness (QED) is 0.917. The van der Waals surface area contributed by atoms with Crippen LogP contribution in [0, 0.1) is 5.92 Å². The van der Waals surface area contributed by atoms with Gasteiger partial charge in [-0.1, -0.05) is 30.3 Å². The van der Waals surface area contributed by atoms with Gasteiger partial charge in [0.05, 0.1) is 5.92 Å². The zero-order valence-corrected chi connectivity index (χ0v) is 11.8. The van der Waals surface area contributed by atoms with Gasteiger partial charge in [0.2, 0.25) is 5.91 Å². The van der Waals surface area contributed by atoms with E-state index in [1.165, 1.54) is 0 Å². The van der Waals surface area contributed by atoms with Crippen LogP contribution < -0.4 is 5.73 Å². The molecule has 1 aliphatic heterocycles. The van der Waals surface area contributed by atoms with Gasteiger partial charge in [-0.25, -0.2) is 0 Å². The number of hydrogen-bond acceptors (Lipinski definition) is 2. The molecule has 1 atom stereocenters. The lowest BCUT2D eigenvalue weighted by Crippen LogP contribution is -2.44. The Labute approximate surface area is 123 Å². The molecule has 3 rings (SSSR count). The second kappa shape index (κ2) is 5.56. The number of likely N-dealkylation sites (tertiary alicyclic amines) is 1. The predicted octanol–water partition coefficient (Wildman–Crippen LogP) is 2.18. The summed E-state index contributed by atoms with van der Waals surface area (Å²) in [5, 5.41) is 2.16. The fourth-order valence-electron chi connectivity index (χ4n) is 2.90. The van der Waals surface area contributed by atoms with Gasteiger partial charge in [0.25, 0.3) is 5.91 Å². The Morgan fingerprint density at radius 3 is 2.62 bits per heavy atom. The van der Waals surface area contributed by atoms with Crippen molar-refractivity contribution in [1.29, 1.82) is 0 Å². The summed E-state index contributed by atoms with van der Waals surface area (Å²) in [6, 6.07) is 13.7. The fourth-order valence-corrected chi connectivity index (χ4v) is 2.90. The van der Waals surface area contributed by atoms with Gasteiger partial charge in [0.1, 0.15) is 0 Å². The summed E-state index contributed by atoms with van der Waals surface area (Å²) in [6.07, 6.45) is 1.60. The van der Waals surface area contributed by atoms with Crippen molar-refractivity contribution in [3.8, 4) is 0 Å². The number of nitrogens with zero attached hydrogens (tertiary/aromatic N) is 1. The molecule has 0 aliphatic carbocycles. The third kappa shape index (κ3) is 2.75. The highest BCUT2D eigenvalue weighted by Crippen LogP contribution is 2.21. The standard InChI is InChI=1S/C17H18N2O2/c18-16(20)15-6-3-9-19(11-15)17(21)14-8-7-12-4-1-2-5-13(12)10-14/h1-2,4-5,7-8,10,15H,3,6,9,11H2,(H2,18,20)/t15-/m1/s1. The first-order valence-corrected chi connectivity index (χ1v) is 7.22. The monoisotopic (exact) mass is 282 g/mol. The molecule has 0 unspecified atom stereocenters. The first-order valence-electron chi connectivity index (χ1n) is 7.22. The van der Waals surface area contributed by atoms with Gasteiger partial charge in [-0.3, -0.25) is 9.59 Å². The average molecular weight is 282 g/mol. The zero-order valence-electron chi connectivity index (χ0n) is 11.8. The molecule has 21 heavy (non-hydrogen) atoms. The summed E-state index contributed by atoms with van der Waals surface area (Å²) in [7, 11) is 0. The van der Waals surface area contributed by atoms with Crippen molar-refractivity contribution in [1.82, 2.24) is 4.90 Å². The molecular formula is C17H18N2O2. The Kier molecular flexibility index (Phi) is 3.60. The van der Waals surface area contributed by atoms with Crippen molar-refractivity contribution < 1.29 is 9.59 Å². The van der Waals surface area contributed by atoms with Gasteiger partial charge in [-0.2, -0.15) is 0 Å². The number of primary amides is 1. The normalized spacial score (nSPS) is 18.7. The van der Waals surface area contributed by atoms with Crippen LogP contribution in [0.5, 0.6) is 0 Å². The molecule has 4 heteroatoms. The third-order valence-electron chi connectivity index (χ3n) is 4.11. The van der Waals surface area contributed by atoms with Gasteiger partial charge in [0, 0.05) is 18.7 Å². The summed E-state index contributed by atoms with van der Waals surface area (Å²) < 4.78 is 0. The summed E-state index contributed by atoms with van der Waals surface area (Å²) in [6.45, 7) is 1.12. The Morgan fingerprint density at radius 1 is 1.10 bits per heavy atom. The lowest BCUT2D eigenvalue weighted by molar-refractivity contribution is -0.123. The number of fused-ring (bicyclic) bond motifs is 1. The van der Waals surface area contributed by atoms with Crippen LogP contribution in [0.3, 0.4) is 0 Å². The molecule has 1 heterocycles. The second-order valence-electron chi connectivity index (χ2n) is 5.55. The molecule has 0 spiro atoms. The Bertz CT molecular complexity index is 696. The molecule has 2 aromatic carbocycles. The Balaban J connectivity index is 1.84. The van der Waals surface area contributed by atoms with E-state index < -0.39 is 0 Å². The van der Waals surface area contributed by atoms with Crippen molar-refractivity contribution in [3.05, 3.63) is 48.0 Å².